The van der Waals surface area contributed by atoms with Crippen LogP contribution in [0.25, 0.3) is 10.9 Å². The van der Waals surface area contributed by atoms with E-state index in [1.54, 1.807) is 19.2 Å². The first-order chi connectivity index (χ1) is 15.6. The van der Waals surface area contributed by atoms with E-state index < -0.39 is 5.82 Å². The van der Waals surface area contributed by atoms with Crippen LogP contribution in [0.3, 0.4) is 0 Å². The molecule has 8 heteroatoms. The van der Waals surface area contributed by atoms with Crippen molar-refractivity contribution in [3.8, 4) is 17.4 Å². The largest absolute Gasteiger partial charge is 0.491 e. The number of unbranched alkanes of at least 4 members (excludes halogenated alkanes) is 1. The Kier molecular flexibility index (Phi) is 9.01. The summed E-state index contributed by atoms with van der Waals surface area (Å²) in [5.74, 6) is 0.607. The van der Waals surface area contributed by atoms with E-state index in [1.165, 1.54) is 12.4 Å². The van der Waals surface area contributed by atoms with Crippen LogP contribution in [0.1, 0.15) is 25.3 Å². The van der Waals surface area contributed by atoms with E-state index in [-0.39, 0.29) is 11.6 Å². The van der Waals surface area contributed by atoms with E-state index in [2.05, 4.69) is 22.2 Å². The molecule has 1 aromatic heterocycles. The Morgan fingerprint density at radius 1 is 0.938 bits per heavy atom. The molecular weight excluding hydrogens is 413 g/mol. The van der Waals surface area contributed by atoms with Crippen LogP contribution in [0.5, 0.6) is 17.4 Å². The van der Waals surface area contributed by atoms with Gasteiger partial charge in [-0.15, -0.1) is 0 Å². The molecule has 2 aromatic carbocycles. The first-order valence-electron chi connectivity index (χ1n) is 10.8. The molecule has 0 spiro atoms. The second kappa shape index (κ2) is 12.2. The van der Waals surface area contributed by atoms with E-state index in [9.17, 15) is 4.39 Å². The van der Waals surface area contributed by atoms with Crippen LogP contribution >= 0.6 is 0 Å². The Morgan fingerprint density at radius 3 is 2.47 bits per heavy atom. The third kappa shape index (κ3) is 6.51. The number of hydrogen-bond acceptors (Lipinski definition) is 7. The van der Waals surface area contributed by atoms with Crippen LogP contribution in [-0.2, 0) is 9.47 Å². The summed E-state index contributed by atoms with van der Waals surface area (Å²) in [5, 5.41) is 3.57. The molecular formula is C24H30FN3O4. The molecule has 1 N–H and O–H groups in total. The van der Waals surface area contributed by atoms with Gasteiger partial charge in [-0.1, -0.05) is 13.3 Å². The maximum absolute atomic E-state index is 14.3. The van der Waals surface area contributed by atoms with Crippen LogP contribution in [-0.4, -0.2) is 50.1 Å². The van der Waals surface area contributed by atoms with Gasteiger partial charge in [0.25, 0.3) is 0 Å². The lowest BCUT2D eigenvalue weighted by atomic mass is 10.1. The first-order valence-corrected chi connectivity index (χ1v) is 10.8. The zero-order chi connectivity index (χ0) is 22.8. The summed E-state index contributed by atoms with van der Waals surface area (Å²) < 4.78 is 36.9. The number of anilines is 1. The predicted molar refractivity (Wildman–Crippen MR) is 122 cm³/mol. The van der Waals surface area contributed by atoms with Crippen molar-refractivity contribution >= 4 is 16.6 Å². The highest BCUT2D eigenvalue weighted by molar-refractivity contribution is 5.85. The quantitative estimate of drug-likeness (QED) is 0.367. The molecule has 7 nitrogen and oxygen atoms in total. The van der Waals surface area contributed by atoms with Gasteiger partial charge in [-0.25, -0.2) is 14.4 Å². The van der Waals surface area contributed by atoms with Crippen LogP contribution in [0.4, 0.5) is 10.1 Å². The second-order valence-electron chi connectivity index (χ2n) is 7.24. The van der Waals surface area contributed by atoms with Crippen LogP contribution in [0.2, 0.25) is 0 Å². The number of benzene rings is 2. The molecule has 0 radical (unpaired) electrons. The maximum Gasteiger partial charge on any atom is 0.230 e. The van der Waals surface area contributed by atoms with Crippen molar-refractivity contribution in [1.29, 1.82) is 0 Å². The minimum Gasteiger partial charge on any atom is -0.491 e. The maximum atomic E-state index is 14.3. The third-order valence-corrected chi connectivity index (χ3v) is 4.82. The number of rotatable bonds is 13. The van der Waals surface area contributed by atoms with Gasteiger partial charge in [0, 0.05) is 31.5 Å². The number of aryl methyl sites for hydroxylation is 1. The number of fused-ring (bicyclic) bond motifs is 1. The molecule has 172 valence electrons. The predicted octanol–water partition coefficient (Wildman–Crippen LogP) is 5.12. The number of nitrogens with one attached hydrogen (secondary N) is 1. The van der Waals surface area contributed by atoms with Gasteiger partial charge in [0.2, 0.25) is 5.88 Å². The fourth-order valence-electron chi connectivity index (χ4n) is 3.03. The monoisotopic (exact) mass is 443 g/mol. The molecule has 0 aliphatic heterocycles. The van der Waals surface area contributed by atoms with Crippen molar-refractivity contribution in [2.45, 2.75) is 26.7 Å². The Bertz CT molecular complexity index is 1020. The molecule has 0 saturated carbocycles. The summed E-state index contributed by atoms with van der Waals surface area (Å²) in [6.07, 6.45) is 3.58. The smallest absolute Gasteiger partial charge is 0.230 e. The van der Waals surface area contributed by atoms with Crippen LogP contribution < -0.4 is 14.8 Å². The molecule has 0 atom stereocenters. The minimum absolute atomic E-state index is 0.0952. The van der Waals surface area contributed by atoms with Crippen molar-refractivity contribution in [2.24, 2.45) is 0 Å². The zero-order valence-corrected chi connectivity index (χ0v) is 18.8. The van der Waals surface area contributed by atoms with Gasteiger partial charge in [0.15, 0.2) is 11.6 Å². The van der Waals surface area contributed by atoms with Crippen molar-refractivity contribution in [1.82, 2.24) is 9.97 Å². The standard InChI is InChI=1S/C24H30FN3O4/c1-4-5-8-29-9-10-30-11-12-31-23-15-21-19(13-17(23)2)24(28-16-27-21)32-22-7-6-18(26-3)14-20(22)25/h6-7,13-16,26H,4-5,8-12H2,1-3H3. The highest BCUT2D eigenvalue weighted by Crippen LogP contribution is 2.32. The molecule has 3 aromatic rings. The van der Waals surface area contributed by atoms with Gasteiger partial charge in [-0.05, 0) is 37.1 Å². The Morgan fingerprint density at radius 2 is 1.72 bits per heavy atom. The van der Waals surface area contributed by atoms with Gasteiger partial charge in [0.1, 0.15) is 18.7 Å². The molecule has 0 bridgehead atoms. The first kappa shape index (κ1) is 23.7. The molecule has 0 aliphatic carbocycles. The molecule has 0 amide bonds. The van der Waals surface area contributed by atoms with Crippen molar-refractivity contribution < 1.29 is 23.3 Å². The van der Waals surface area contributed by atoms with E-state index >= 15 is 0 Å². The lowest BCUT2D eigenvalue weighted by molar-refractivity contribution is 0.0355. The fraction of sp³-hybridized carbons (Fsp3) is 0.417. The number of aromatic nitrogens is 2. The summed E-state index contributed by atoms with van der Waals surface area (Å²) in [6.45, 7) is 6.85. The normalized spacial score (nSPS) is 11.0. The van der Waals surface area contributed by atoms with E-state index in [0.29, 0.717) is 48.8 Å². The van der Waals surface area contributed by atoms with Crippen molar-refractivity contribution in [3.63, 3.8) is 0 Å². The number of halogens is 1. The lowest BCUT2D eigenvalue weighted by Crippen LogP contribution is -2.11. The van der Waals surface area contributed by atoms with E-state index in [0.717, 1.165) is 25.0 Å². The van der Waals surface area contributed by atoms with Crippen molar-refractivity contribution in [3.05, 3.63) is 48.0 Å². The van der Waals surface area contributed by atoms with E-state index in [1.807, 2.05) is 19.1 Å². The summed E-state index contributed by atoms with van der Waals surface area (Å²) in [6, 6.07) is 8.37. The summed E-state index contributed by atoms with van der Waals surface area (Å²) in [4.78, 5) is 8.50. The van der Waals surface area contributed by atoms with Gasteiger partial charge in [-0.3, -0.25) is 0 Å². The van der Waals surface area contributed by atoms with Gasteiger partial charge >= 0.3 is 0 Å². The number of nitrogens with zero attached hydrogens (tertiary/aromatic N) is 2. The molecule has 0 unspecified atom stereocenters. The molecule has 0 aliphatic rings. The second-order valence-corrected chi connectivity index (χ2v) is 7.24. The molecule has 32 heavy (non-hydrogen) atoms. The minimum atomic E-state index is -0.476. The number of hydrogen-bond donors (Lipinski definition) is 1. The highest BCUT2D eigenvalue weighted by Gasteiger charge is 2.13. The third-order valence-electron chi connectivity index (χ3n) is 4.82. The van der Waals surface area contributed by atoms with Crippen LogP contribution in [0, 0.1) is 12.7 Å². The molecule has 0 saturated heterocycles. The lowest BCUT2D eigenvalue weighted by Gasteiger charge is -2.13. The van der Waals surface area contributed by atoms with E-state index in [4.69, 9.17) is 18.9 Å². The molecule has 1 heterocycles. The highest BCUT2D eigenvalue weighted by atomic mass is 19.1. The average Bonchev–Trinajstić information content (AvgIpc) is 2.80. The van der Waals surface area contributed by atoms with Gasteiger partial charge < -0.3 is 24.3 Å². The Hall–Kier alpha value is -2.97. The summed E-state index contributed by atoms with van der Waals surface area (Å²) in [5.41, 5.74) is 2.20. The Labute approximate surface area is 187 Å². The summed E-state index contributed by atoms with van der Waals surface area (Å²) >= 11 is 0. The summed E-state index contributed by atoms with van der Waals surface area (Å²) in [7, 11) is 1.73. The SMILES string of the molecule is CCCCOCCOCCOc1cc2ncnc(Oc3ccc(NC)cc3F)c2cc1C. The zero-order valence-electron chi connectivity index (χ0n) is 18.8. The van der Waals surface area contributed by atoms with Gasteiger partial charge in [-0.2, -0.15) is 0 Å². The average molecular weight is 444 g/mol. The molecule has 3 rings (SSSR count). The van der Waals surface area contributed by atoms with Gasteiger partial charge in [0.05, 0.1) is 30.7 Å². The fourth-order valence-corrected chi connectivity index (χ4v) is 3.03. The van der Waals surface area contributed by atoms with Crippen LogP contribution in [0.15, 0.2) is 36.7 Å². The van der Waals surface area contributed by atoms with Crippen molar-refractivity contribution in [2.75, 3.05) is 45.4 Å². The topological polar surface area (TPSA) is 74.7 Å². The Balaban J connectivity index is 1.60. The number of ether oxygens (including phenoxy) is 4. The molecule has 0 fully saturated rings.